The van der Waals surface area contributed by atoms with E-state index < -0.39 is 48.4 Å². The van der Waals surface area contributed by atoms with Gasteiger partial charge in [-0.2, -0.15) is 0 Å². The van der Waals surface area contributed by atoms with Crippen LogP contribution in [-0.2, 0) is 14.3 Å². The zero-order chi connectivity index (χ0) is 31.0. The summed E-state index contributed by atoms with van der Waals surface area (Å²) < 4.78 is 11.3. The molecule has 0 radical (unpaired) electrons. The van der Waals surface area contributed by atoms with Crippen LogP contribution in [0.2, 0.25) is 0 Å². The van der Waals surface area contributed by atoms with E-state index in [1.54, 1.807) is 13.8 Å². The molecule has 42 heavy (non-hydrogen) atoms. The van der Waals surface area contributed by atoms with Gasteiger partial charge in [0.15, 0.2) is 12.4 Å². The minimum Gasteiger partial charge on any atom is -0.479 e. The molecular formula is C33H52O9. The number of ether oxygens (including phenoxy) is 2. The molecule has 9 nitrogen and oxygen atoms in total. The van der Waals surface area contributed by atoms with Gasteiger partial charge in [-0.05, 0) is 107 Å². The number of hydrogen-bond acceptors (Lipinski definition) is 8. The Labute approximate surface area is 249 Å². The van der Waals surface area contributed by atoms with Crippen molar-refractivity contribution in [3.63, 3.8) is 0 Å². The van der Waals surface area contributed by atoms with Crippen molar-refractivity contribution in [3.8, 4) is 0 Å². The minimum absolute atomic E-state index is 0.206. The fourth-order valence-electron chi connectivity index (χ4n) is 8.04. The third-order valence-electron chi connectivity index (χ3n) is 10.7. The summed E-state index contributed by atoms with van der Waals surface area (Å²) in [5.74, 6) is 0.107. The van der Waals surface area contributed by atoms with Gasteiger partial charge in [-0.1, -0.05) is 43.7 Å². The van der Waals surface area contributed by atoms with Crippen molar-refractivity contribution in [1.82, 2.24) is 0 Å². The third kappa shape index (κ3) is 7.04. The standard InChI is InChI=1S/C33H52O9/c1-18-8-12-22(41-31-28(37)26(35)27(36)29(42-31)30(38)39)17-21(18)11-10-20-7-6-16-33(5)23(13-14-24(20)33)19(2)9-15-25(34)32(3,4)40/h10-11,19,22-29,31,34-37,40H,1,6-9,12-17H2,2-5H3,(H,38,39)/b20-10+,21-11-/t19-,22+,23-,24+,25-,26+,27+,28-,29+,31-,33-/m1/s1. The lowest BCUT2D eigenvalue weighted by atomic mass is 9.60. The van der Waals surface area contributed by atoms with Crippen molar-refractivity contribution in [1.29, 1.82) is 0 Å². The number of carbonyl (C=O) groups is 1. The van der Waals surface area contributed by atoms with Crippen molar-refractivity contribution in [2.75, 3.05) is 0 Å². The molecule has 0 amide bonds. The number of hydrogen-bond donors (Lipinski definition) is 6. The first-order valence-corrected chi connectivity index (χ1v) is 15.7. The Morgan fingerprint density at radius 2 is 1.83 bits per heavy atom. The largest absolute Gasteiger partial charge is 0.479 e. The van der Waals surface area contributed by atoms with Crippen LogP contribution in [0.4, 0.5) is 0 Å². The highest BCUT2D eigenvalue weighted by molar-refractivity contribution is 5.73. The van der Waals surface area contributed by atoms with Gasteiger partial charge in [-0.25, -0.2) is 4.79 Å². The molecule has 11 atom stereocenters. The van der Waals surface area contributed by atoms with Gasteiger partial charge < -0.3 is 40.1 Å². The number of aliphatic hydroxyl groups excluding tert-OH is 4. The van der Waals surface area contributed by atoms with Crippen LogP contribution in [0.25, 0.3) is 0 Å². The monoisotopic (exact) mass is 592 g/mol. The third-order valence-corrected chi connectivity index (χ3v) is 10.7. The quantitative estimate of drug-likeness (QED) is 0.235. The summed E-state index contributed by atoms with van der Waals surface area (Å²) in [6, 6.07) is 0. The van der Waals surface area contributed by atoms with Crippen LogP contribution in [0.15, 0.2) is 35.5 Å². The molecule has 0 bridgehead atoms. The van der Waals surface area contributed by atoms with E-state index in [0.717, 1.165) is 36.8 Å². The summed E-state index contributed by atoms with van der Waals surface area (Å²) >= 11 is 0. The molecule has 4 fully saturated rings. The van der Waals surface area contributed by atoms with Crippen molar-refractivity contribution in [2.24, 2.45) is 23.2 Å². The van der Waals surface area contributed by atoms with Crippen LogP contribution in [-0.4, -0.2) is 85.1 Å². The highest BCUT2D eigenvalue weighted by atomic mass is 16.7. The van der Waals surface area contributed by atoms with Gasteiger partial charge in [-0.3, -0.25) is 0 Å². The van der Waals surface area contributed by atoms with Crippen LogP contribution in [0.3, 0.4) is 0 Å². The summed E-state index contributed by atoms with van der Waals surface area (Å²) in [4.78, 5) is 11.5. The topological polar surface area (TPSA) is 157 Å². The van der Waals surface area contributed by atoms with Crippen LogP contribution in [0.5, 0.6) is 0 Å². The fraction of sp³-hybridized carbons (Fsp3) is 0.788. The molecule has 1 saturated heterocycles. The van der Waals surface area contributed by atoms with Crippen molar-refractivity contribution in [2.45, 2.75) is 140 Å². The highest BCUT2D eigenvalue weighted by Crippen LogP contribution is 2.60. The average molecular weight is 593 g/mol. The Morgan fingerprint density at radius 1 is 1.12 bits per heavy atom. The summed E-state index contributed by atoms with van der Waals surface area (Å²) in [6.07, 6.45) is 4.33. The molecule has 4 rings (SSSR count). The number of aliphatic carboxylic acids is 1. The molecule has 3 aliphatic carbocycles. The Hall–Kier alpha value is -1.59. The molecule has 6 N–H and O–H groups in total. The Bertz CT molecular complexity index is 1040. The molecule has 0 unspecified atom stereocenters. The summed E-state index contributed by atoms with van der Waals surface area (Å²) in [7, 11) is 0. The van der Waals surface area contributed by atoms with Crippen molar-refractivity contribution >= 4 is 5.97 Å². The molecule has 9 heteroatoms. The molecule has 4 aliphatic rings. The van der Waals surface area contributed by atoms with E-state index in [0.29, 0.717) is 43.4 Å². The van der Waals surface area contributed by atoms with E-state index in [4.69, 9.17) is 9.47 Å². The fourth-order valence-corrected chi connectivity index (χ4v) is 8.04. The molecule has 238 valence electrons. The van der Waals surface area contributed by atoms with Crippen LogP contribution < -0.4 is 0 Å². The SMILES string of the molecule is C=C1CC[C@H](O[C@@H]2O[C@H](C(=O)O)[C@@H](O)[C@H](O)[C@H]2O)C/C1=C/C=C1\CCC[C@]2(C)[C@@H]([C@H](C)CC[C@@H](O)C(C)(C)O)CC[C@@H]12. The molecule has 0 spiro atoms. The van der Waals surface area contributed by atoms with Gasteiger partial charge >= 0.3 is 5.97 Å². The summed E-state index contributed by atoms with van der Waals surface area (Å²) in [5.41, 5.74) is 2.66. The number of rotatable bonds is 9. The number of carboxylic acid groups (broad SMARTS) is 1. The van der Waals surface area contributed by atoms with E-state index in [2.05, 4.69) is 32.6 Å². The first-order valence-electron chi connectivity index (χ1n) is 15.7. The second-order valence-corrected chi connectivity index (χ2v) is 14.1. The molecule has 0 aromatic carbocycles. The maximum Gasteiger partial charge on any atom is 0.335 e. The second kappa shape index (κ2) is 13.2. The predicted molar refractivity (Wildman–Crippen MR) is 157 cm³/mol. The molecule has 0 aromatic heterocycles. The van der Waals surface area contributed by atoms with Crippen molar-refractivity contribution < 1.29 is 44.9 Å². The highest BCUT2D eigenvalue weighted by Gasteiger charge is 2.51. The Kier molecular flexibility index (Phi) is 10.5. The molecule has 1 heterocycles. The van der Waals surface area contributed by atoms with E-state index in [1.165, 1.54) is 18.4 Å². The molecular weight excluding hydrogens is 540 g/mol. The Morgan fingerprint density at radius 3 is 2.50 bits per heavy atom. The van der Waals surface area contributed by atoms with E-state index in [9.17, 15) is 35.4 Å². The van der Waals surface area contributed by atoms with Crippen LogP contribution in [0, 0.1) is 23.2 Å². The lowest BCUT2D eigenvalue weighted by Gasteiger charge is -2.44. The summed E-state index contributed by atoms with van der Waals surface area (Å²) in [5, 5.41) is 60.3. The predicted octanol–water partition coefficient (Wildman–Crippen LogP) is 3.62. The first kappa shape index (κ1) is 33.3. The number of allylic oxidation sites excluding steroid dienone is 4. The number of aliphatic hydroxyl groups is 5. The van der Waals surface area contributed by atoms with Crippen LogP contribution in [0.1, 0.15) is 91.9 Å². The van der Waals surface area contributed by atoms with E-state index in [-0.39, 0.29) is 11.5 Å². The molecule has 0 aromatic rings. The number of fused-ring (bicyclic) bond motifs is 1. The van der Waals surface area contributed by atoms with Crippen LogP contribution >= 0.6 is 0 Å². The maximum atomic E-state index is 11.5. The number of carboxylic acids is 1. The molecule has 1 aliphatic heterocycles. The van der Waals surface area contributed by atoms with Gasteiger partial charge in [0.2, 0.25) is 0 Å². The van der Waals surface area contributed by atoms with E-state index >= 15 is 0 Å². The Balaban J connectivity index is 1.42. The second-order valence-electron chi connectivity index (χ2n) is 14.1. The summed E-state index contributed by atoms with van der Waals surface area (Å²) in [6.45, 7) is 12.3. The van der Waals surface area contributed by atoms with Gasteiger partial charge in [0, 0.05) is 0 Å². The van der Waals surface area contributed by atoms with Crippen molar-refractivity contribution in [3.05, 3.63) is 35.5 Å². The van der Waals surface area contributed by atoms with E-state index in [1.807, 2.05) is 0 Å². The smallest absolute Gasteiger partial charge is 0.335 e. The zero-order valence-electron chi connectivity index (χ0n) is 25.6. The zero-order valence-corrected chi connectivity index (χ0v) is 25.6. The minimum atomic E-state index is -1.75. The lowest BCUT2D eigenvalue weighted by Crippen LogP contribution is -2.60. The maximum absolute atomic E-state index is 11.5. The lowest BCUT2D eigenvalue weighted by molar-refractivity contribution is -0.304. The first-order chi connectivity index (χ1) is 19.6. The normalized spacial score (nSPS) is 41.1. The van der Waals surface area contributed by atoms with Gasteiger partial charge in [0.1, 0.15) is 18.3 Å². The average Bonchev–Trinajstić information content (AvgIpc) is 3.28. The van der Waals surface area contributed by atoms with Gasteiger partial charge in [0.05, 0.1) is 17.8 Å². The van der Waals surface area contributed by atoms with Gasteiger partial charge in [-0.15, -0.1) is 0 Å². The molecule has 3 saturated carbocycles. The van der Waals surface area contributed by atoms with Gasteiger partial charge in [0.25, 0.3) is 0 Å².